The Morgan fingerprint density at radius 1 is 1.18 bits per heavy atom. The summed E-state index contributed by atoms with van der Waals surface area (Å²) >= 11 is 0. The van der Waals surface area contributed by atoms with Gasteiger partial charge in [-0.05, 0) is 31.9 Å². The van der Waals surface area contributed by atoms with Gasteiger partial charge in [0.05, 0.1) is 14.2 Å². The fourth-order valence-electron chi connectivity index (χ4n) is 1.75. The lowest BCUT2D eigenvalue weighted by Gasteiger charge is -2.21. The quantitative estimate of drug-likeness (QED) is 0.862. The average Bonchev–Trinajstić information content (AvgIpc) is 2.27. The lowest BCUT2D eigenvalue weighted by molar-refractivity contribution is 0.212. The van der Waals surface area contributed by atoms with E-state index in [9.17, 15) is 4.39 Å². The van der Waals surface area contributed by atoms with E-state index >= 15 is 0 Å². The molecule has 0 saturated heterocycles. The molecule has 0 amide bonds. The van der Waals surface area contributed by atoms with Gasteiger partial charge in [0.15, 0.2) is 0 Å². The SMILES string of the molecule is COc1cc(OC)c(C(C)(C)F)cc1CCO. The van der Waals surface area contributed by atoms with E-state index in [2.05, 4.69) is 0 Å². The van der Waals surface area contributed by atoms with Crippen molar-refractivity contribution in [3.63, 3.8) is 0 Å². The van der Waals surface area contributed by atoms with Gasteiger partial charge in [0.2, 0.25) is 0 Å². The highest BCUT2D eigenvalue weighted by molar-refractivity contribution is 5.48. The molecule has 96 valence electrons. The Kier molecular flexibility index (Phi) is 4.34. The number of benzene rings is 1. The minimum absolute atomic E-state index is 0.00512. The highest BCUT2D eigenvalue weighted by Gasteiger charge is 2.25. The maximum Gasteiger partial charge on any atom is 0.134 e. The molecule has 3 nitrogen and oxygen atoms in total. The molecule has 0 atom stereocenters. The van der Waals surface area contributed by atoms with Gasteiger partial charge in [-0.2, -0.15) is 0 Å². The van der Waals surface area contributed by atoms with Gasteiger partial charge in [-0.1, -0.05) is 0 Å². The second-order valence-corrected chi connectivity index (χ2v) is 4.31. The normalized spacial score (nSPS) is 11.4. The van der Waals surface area contributed by atoms with Crippen LogP contribution in [0.3, 0.4) is 0 Å². The van der Waals surface area contributed by atoms with Gasteiger partial charge in [0.25, 0.3) is 0 Å². The molecule has 17 heavy (non-hydrogen) atoms. The summed E-state index contributed by atoms with van der Waals surface area (Å²) in [6, 6.07) is 3.34. The molecule has 0 saturated carbocycles. The fourth-order valence-corrected chi connectivity index (χ4v) is 1.75. The Morgan fingerprint density at radius 2 is 1.76 bits per heavy atom. The molecule has 1 aromatic carbocycles. The Balaban J connectivity index is 3.34. The number of alkyl halides is 1. The molecule has 0 fully saturated rings. The summed E-state index contributed by atoms with van der Waals surface area (Å²) in [7, 11) is 3.03. The fraction of sp³-hybridized carbons (Fsp3) is 0.538. The van der Waals surface area contributed by atoms with Gasteiger partial charge in [-0.25, -0.2) is 4.39 Å². The van der Waals surface area contributed by atoms with Gasteiger partial charge < -0.3 is 14.6 Å². The number of aliphatic hydroxyl groups excluding tert-OH is 1. The van der Waals surface area contributed by atoms with Gasteiger partial charge >= 0.3 is 0 Å². The van der Waals surface area contributed by atoms with E-state index in [1.807, 2.05) is 0 Å². The average molecular weight is 242 g/mol. The Hall–Kier alpha value is -1.29. The summed E-state index contributed by atoms with van der Waals surface area (Å²) < 4.78 is 24.4. The summed E-state index contributed by atoms with van der Waals surface area (Å²) in [5.41, 5.74) is -0.261. The van der Waals surface area contributed by atoms with Crippen molar-refractivity contribution in [2.45, 2.75) is 25.9 Å². The minimum atomic E-state index is -1.50. The minimum Gasteiger partial charge on any atom is -0.496 e. The maximum atomic E-state index is 14.0. The second kappa shape index (κ2) is 5.36. The molecule has 0 heterocycles. The molecule has 0 aliphatic carbocycles. The predicted molar refractivity (Wildman–Crippen MR) is 64.5 cm³/mol. The number of hydrogen-bond acceptors (Lipinski definition) is 3. The predicted octanol–water partition coefficient (Wildman–Crippen LogP) is 2.44. The van der Waals surface area contributed by atoms with E-state index in [4.69, 9.17) is 14.6 Å². The third kappa shape index (κ3) is 3.09. The number of hydrogen-bond donors (Lipinski definition) is 1. The first-order valence-corrected chi connectivity index (χ1v) is 5.49. The first-order valence-electron chi connectivity index (χ1n) is 5.49. The van der Waals surface area contributed by atoms with Crippen molar-refractivity contribution in [3.05, 3.63) is 23.3 Å². The summed E-state index contributed by atoms with van der Waals surface area (Å²) in [4.78, 5) is 0. The zero-order valence-electron chi connectivity index (χ0n) is 10.7. The Bertz CT molecular complexity index is 383. The first kappa shape index (κ1) is 13.8. The molecule has 1 rings (SSSR count). The van der Waals surface area contributed by atoms with Crippen LogP contribution in [0, 0.1) is 0 Å². The number of aliphatic hydroxyl groups is 1. The molecule has 0 aliphatic heterocycles. The molecule has 0 spiro atoms. The van der Waals surface area contributed by atoms with E-state index in [0.717, 1.165) is 5.56 Å². The van der Waals surface area contributed by atoms with Gasteiger partial charge in [-0.15, -0.1) is 0 Å². The van der Waals surface area contributed by atoms with Crippen molar-refractivity contribution in [1.29, 1.82) is 0 Å². The number of ether oxygens (including phenoxy) is 2. The van der Waals surface area contributed by atoms with Crippen LogP contribution in [-0.4, -0.2) is 25.9 Å². The van der Waals surface area contributed by atoms with Gasteiger partial charge in [0.1, 0.15) is 17.2 Å². The smallest absolute Gasteiger partial charge is 0.134 e. The third-order valence-corrected chi connectivity index (χ3v) is 2.62. The van der Waals surface area contributed by atoms with Crippen LogP contribution in [0.25, 0.3) is 0 Å². The number of methoxy groups -OCH3 is 2. The molecule has 1 aromatic rings. The summed E-state index contributed by atoms with van der Waals surface area (Å²) in [5.74, 6) is 1.06. The lowest BCUT2D eigenvalue weighted by Crippen LogP contribution is -2.12. The van der Waals surface area contributed by atoms with E-state index in [1.165, 1.54) is 28.1 Å². The van der Waals surface area contributed by atoms with E-state index < -0.39 is 5.67 Å². The molecular weight excluding hydrogens is 223 g/mol. The largest absolute Gasteiger partial charge is 0.496 e. The maximum absolute atomic E-state index is 14.0. The highest BCUT2D eigenvalue weighted by Crippen LogP contribution is 2.37. The standard InChI is InChI=1S/C13H19FO3/c1-13(2,14)10-7-9(5-6-15)11(16-3)8-12(10)17-4/h7-8,15H,5-6H2,1-4H3. The monoisotopic (exact) mass is 242 g/mol. The van der Waals surface area contributed by atoms with Crippen LogP contribution in [0.4, 0.5) is 4.39 Å². The van der Waals surface area contributed by atoms with Crippen LogP contribution >= 0.6 is 0 Å². The third-order valence-electron chi connectivity index (χ3n) is 2.62. The van der Waals surface area contributed by atoms with Gasteiger partial charge in [-0.3, -0.25) is 0 Å². The second-order valence-electron chi connectivity index (χ2n) is 4.31. The van der Waals surface area contributed by atoms with Crippen molar-refractivity contribution in [3.8, 4) is 11.5 Å². The van der Waals surface area contributed by atoms with Crippen molar-refractivity contribution in [2.24, 2.45) is 0 Å². The molecule has 0 aliphatic rings. The molecular formula is C13H19FO3. The lowest BCUT2D eigenvalue weighted by atomic mass is 9.95. The number of rotatable bonds is 5. The zero-order chi connectivity index (χ0) is 13.1. The van der Waals surface area contributed by atoms with Crippen molar-refractivity contribution in [2.75, 3.05) is 20.8 Å². The molecule has 0 radical (unpaired) electrons. The molecule has 4 heteroatoms. The van der Waals surface area contributed by atoms with Crippen molar-refractivity contribution in [1.82, 2.24) is 0 Å². The van der Waals surface area contributed by atoms with E-state index in [0.29, 0.717) is 23.5 Å². The Morgan fingerprint density at radius 3 is 2.18 bits per heavy atom. The molecule has 0 unspecified atom stereocenters. The summed E-state index contributed by atoms with van der Waals surface area (Å²) in [6.45, 7) is 2.94. The van der Waals surface area contributed by atoms with Crippen LogP contribution in [0.2, 0.25) is 0 Å². The van der Waals surface area contributed by atoms with Gasteiger partial charge in [0, 0.05) is 18.2 Å². The van der Waals surface area contributed by atoms with E-state index in [1.54, 1.807) is 12.1 Å². The zero-order valence-corrected chi connectivity index (χ0v) is 10.7. The van der Waals surface area contributed by atoms with Crippen molar-refractivity contribution < 1.29 is 19.0 Å². The first-order chi connectivity index (χ1) is 7.93. The molecule has 1 N–H and O–H groups in total. The molecule has 0 bridgehead atoms. The van der Waals surface area contributed by atoms with Crippen LogP contribution < -0.4 is 9.47 Å². The highest BCUT2D eigenvalue weighted by atomic mass is 19.1. The van der Waals surface area contributed by atoms with Crippen molar-refractivity contribution >= 4 is 0 Å². The summed E-state index contributed by atoms with van der Waals surface area (Å²) in [5, 5.41) is 8.98. The topological polar surface area (TPSA) is 38.7 Å². The van der Waals surface area contributed by atoms with Crippen LogP contribution in [0.15, 0.2) is 12.1 Å². The van der Waals surface area contributed by atoms with Crippen LogP contribution in [-0.2, 0) is 12.1 Å². The Labute approximate surface area is 101 Å². The molecule has 0 aromatic heterocycles. The van der Waals surface area contributed by atoms with Crippen LogP contribution in [0.1, 0.15) is 25.0 Å². The number of halogens is 1. The van der Waals surface area contributed by atoms with Crippen LogP contribution in [0.5, 0.6) is 11.5 Å². The summed E-state index contributed by atoms with van der Waals surface area (Å²) in [6.07, 6.45) is 0.427. The van der Waals surface area contributed by atoms with E-state index in [-0.39, 0.29) is 6.61 Å².